The van der Waals surface area contributed by atoms with Crippen LogP contribution in [0.25, 0.3) is 32.3 Å². The normalized spacial score (nSPS) is 11.0. The Balaban J connectivity index is 1.90. The second-order valence-corrected chi connectivity index (χ2v) is 6.55. The summed E-state index contributed by atoms with van der Waals surface area (Å²) in [6.45, 7) is 0. The highest BCUT2D eigenvalue weighted by Gasteiger charge is 2.18. The quantitative estimate of drug-likeness (QED) is 0.542. The SMILES string of the molecule is Cn1nnnc1-c1cc(-c2ccc(F)cc2)sc1-c1ccc(F)cc1. The van der Waals surface area contributed by atoms with E-state index in [4.69, 9.17) is 0 Å². The maximum absolute atomic E-state index is 13.3. The third-order valence-corrected chi connectivity index (χ3v) is 5.06. The summed E-state index contributed by atoms with van der Waals surface area (Å²) in [5, 5.41) is 11.7. The monoisotopic (exact) mass is 354 g/mol. The molecule has 0 aliphatic carbocycles. The van der Waals surface area contributed by atoms with E-state index in [-0.39, 0.29) is 11.6 Å². The van der Waals surface area contributed by atoms with Gasteiger partial charge in [-0.2, -0.15) is 0 Å². The number of thiophene rings is 1. The number of benzene rings is 2. The molecule has 0 fully saturated rings. The van der Waals surface area contributed by atoms with Crippen LogP contribution in [-0.2, 0) is 7.05 Å². The molecule has 0 saturated heterocycles. The van der Waals surface area contributed by atoms with E-state index in [0.29, 0.717) is 5.82 Å². The van der Waals surface area contributed by atoms with Crippen molar-refractivity contribution in [3.8, 4) is 32.3 Å². The lowest BCUT2D eigenvalue weighted by molar-refractivity contribution is 0.627. The van der Waals surface area contributed by atoms with E-state index in [1.165, 1.54) is 35.6 Å². The summed E-state index contributed by atoms with van der Waals surface area (Å²) in [6.07, 6.45) is 0. The molecule has 0 radical (unpaired) electrons. The maximum Gasteiger partial charge on any atom is 0.183 e. The van der Waals surface area contributed by atoms with Crippen molar-refractivity contribution in [3.05, 3.63) is 66.2 Å². The molecule has 0 unspecified atom stereocenters. The first-order valence-electron chi connectivity index (χ1n) is 7.50. The highest BCUT2D eigenvalue weighted by molar-refractivity contribution is 7.19. The molecule has 0 aliphatic heterocycles. The molecule has 0 bridgehead atoms. The van der Waals surface area contributed by atoms with Gasteiger partial charge >= 0.3 is 0 Å². The van der Waals surface area contributed by atoms with Crippen LogP contribution in [0.15, 0.2) is 54.6 Å². The standard InChI is InChI=1S/C18H12F2N4S/c1-24-18(21-22-23-24)15-10-16(11-2-6-13(19)7-3-11)25-17(15)12-4-8-14(20)9-5-12/h2-10H,1H3. The number of aromatic nitrogens is 4. The number of nitrogens with zero attached hydrogens (tertiary/aromatic N) is 4. The first-order valence-corrected chi connectivity index (χ1v) is 8.32. The van der Waals surface area contributed by atoms with Crippen LogP contribution < -0.4 is 0 Å². The summed E-state index contributed by atoms with van der Waals surface area (Å²) in [6, 6.07) is 14.6. The summed E-state index contributed by atoms with van der Waals surface area (Å²) >= 11 is 1.53. The minimum atomic E-state index is -0.291. The molecular formula is C18H12F2N4S. The fraction of sp³-hybridized carbons (Fsp3) is 0.0556. The first kappa shape index (κ1) is 15.6. The minimum absolute atomic E-state index is 0.281. The van der Waals surface area contributed by atoms with Gasteiger partial charge in [-0.1, -0.05) is 24.3 Å². The zero-order valence-electron chi connectivity index (χ0n) is 13.1. The Morgan fingerprint density at radius 2 is 1.48 bits per heavy atom. The maximum atomic E-state index is 13.3. The summed E-state index contributed by atoms with van der Waals surface area (Å²) < 4.78 is 28.1. The van der Waals surface area contributed by atoms with Crippen molar-refractivity contribution in [2.45, 2.75) is 0 Å². The molecule has 0 atom stereocenters. The van der Waals surface area contributed by atoms with Gasteiger partial charge in [0.25, 0.3) is 0 Å². The average molecular weight is 354 g/mol. The van der Waals surface area contributed by atoms with Gasteiger partial charge in [-0.15, -0.1) is 16.4 Å². The van der Waals surface area contributed by atoms with Gasteiger partial charge in [-0.05, 0) is 51.9 Å². The van der Waals surface area contributed by atoms with E-state index in [0.717, 1.165) is 26.4 Å². The van der Waals surface area contributed by atoms with Crippen LogP contribution in [-0.4, -0.2) is 20.2 Å². The van der Waals surface area contributed by atoms with Crippen LogP contribution in [0, 0.1) is 11.6 Å². The largest absolute Gasteiger partial charge is 0.229 e. The van der Waals surface area contributed by atoms with Gasteiger partial charge in [0.2, 0.25) is 0 Å². The van der Waals surface area contributed by atoms with Crippen molar-refractivity contribution >= 4 is 11.3 Å². The van der Waals surface area contributed by atoms with Gasteiger partial charge in [0.15, 0.2) is 5.82 Å². The van der Waals surface area contributed by atoms with Gasteiger partial charge in [0, 0.05) is 22.4 Å². The van der Waals surface area contributed by atoms with Crippen LogP contribution >= 0.6 is 11.3 Å². The number of rotatable bonds is 3. The van der Waals surface area contributed by atoms with E-state index in [2.05, 4.69) is 15.5 Å². The molecule has 2 heterocycles. The zero-order chi connectivity index (χ0) is 17.4. The Hall–Kier alpha value is -2.93. The predicted octanol–water partition coefficient (Wildman–Crippen LogP) is 4.55. The molecule has 4 aromatic rings. The van der Waals surface area contributed by atoms with E-state index >= 15 is 0 Å². The Kier molecular flexibility index (Phi) is 3.85. The van der Waals surface area contributed by atoms with Crippen LogP contribution in [0.1, 0.15) is 0 Å². The number of tetrazole rings is 1. The van der Waals surface area contributed by atoms with Crippen molar-refractivity contribution in [2.75, 3.05) is 0 Å². The highest BCUT2D eigenvalue weighted by atomic mass is 32.1. The Labute approximate surface area is 146 Å². The average Bonchev–Trinajstić information content (AvgIpc) is 3.22. The van der Waals surface area contributed by atoms with Crippen molar-refractivity contribution in [2.24, 2.45) is 7.05 Å². The van der Waals surface area contributed by atoms with Crippen LogP contribution in [0.4, 0.5) is 8.78 Å². The fourth-order valence-electron chi connectivity index (χ4n) is 2.59. The molecule has 0 saturated carbocycles. The molecule has 124 valence electrons. The van der Waals surface area contributed by atoms with Gasteiger partial charge in [-0.3, -0.25) is 0 Å². The van der Waals surface area contributed by atoms with E-state index in [9.17, 15) is 8.78 Å². The minimum Gasteiger partial charge on any atom is -0.229 e. The third kappa shape index (κ3) is 2.94. The topological polar surface area (TPSA) is 43.6 Å². The third-order valence-electron chi connectivity index (χ3n) is 3.83. The zero-order valence-corrected chi connectivity index (χ0v) is 14.0. The van der Waals surface area contributed by atoms with E-state index in [1.54, 1.807) is 36.0 Å². The van der Waals surface area contributed by atoms with Crippen molar-refractivity contribution in [1.29, 1.82) is 0 Å². The summed E-state index contributed by atoms with van der Waals surface area (Å²) in [5.74, 6) is 0.0432. The van der Waals surface area contributed by atoms with Gasteiger partial charge in [0.1, 0.15) is 11.6 Å². The van der Waals surface area contributed by atoms with Crippen LogP contribution in [0.5, 0.6) is 0 Å². The van der Waals surface area contributed by atoms with E-state index in [1.807, 2.05) is 6.07 Å². The van der Waals surface area contributed by atoms with E-state index < -0.39 is 0 Å². The van der Waals surface area contributed by atoms with Gasteiger partial charge in [0.05, 0.1) is 0 Å². The van der Waals surface area contributed by atoms with Gasteiger partial charge < -0.3 is 0 Å². The highest BCUT2D eigenvalue weighted by Crippen LogP contribution is 2.42. The predicted molar refractivity (Wildman–Crippen MR) is 92.9 cm³/mol. The second kappa shape index (κ2) is 6.18. The molecule has 2 aromatic carbocycles. The fourth-order valence-corrected chi connectivity index (χ4v) is 3.75. The lowest BCUT2D eigenvalue weighted by Gasteiger charge is -2.02. The lowest BCUT2D eigenvalue weighted by Crippen LogP contribution is -1.94. The number of hydrogen-bond acceptors (Lipinski definition) is 4. The molecule has 0 aliphatic rings. The molecule has 7 heteroatoms. The molecule has 0 amide bonds. The second-order valence-electron chi connectivity index (χ2n) is 5.49. The summed E-state index contributed by atoms with van der Waals surface area (Å²) in [7, 11) is 1.76. The van der Waals surface area contributed by atoms with Crippen molar-refractivity contribution in [3.63, 3.8) is 0 Å². The number of aryl methyl sites for hydroxylation is 1. The van der Waals surface area contributed by atoms with Crippen LogP contribution in [0.3, 0.4) is 0 Å². The Bertz CT molecular complexity index is 1020. The molecule has 4 nitrogen and oxygen atoms in total. The summed E-state index contributed by atoms with van der Waals surface area (Å²) in [4.78, 5) is 1.88. The van der Waals surface area contributed by atoms with Crippen molar-refractivity contribution in [1.82, 2.24) is 20.2 Å². The molecule has 25 heavy (non-hydrogen) atoms. The molecular weight excluding hydrogens is 342 g/mol. The molecule has 0 N–H and O–H groups in total. The Morgan fingerprint density at radius 3 is 2.04 bits per heavy atom. The lowest BCUT2D eigenvalue weighted by atomic mass is 10.1. The summed E-state index contributed by atoms with van der Waals surface area (Å²) in [5.41, 5.74) is 2.62. The van der Waals surface area contributed by atoms with Gasteiger partial charge in [-0.25, -0.2) is 13.5 Å². The number of halogens is 2. The molecule has 4 rings (SSSR count). The Morgan fingerprint density at radius 1 is 0.880 bits per heavy atom. The molecule has 0 spiro atoms. The number of hydrogen-bond donors (Lipinski definition) is 0. The van der Waals surface area contributed by atoms with Crippen LogP contribution in [0.2, 0.25) is 0 Å². The first-order chi connectivity index (χ1) is 12.1. The van der Waals surface area contributed by atoms with Crippen molar-refractivity contribution < 1.29 is 8.78 Å². The molecule has 2 aromatic heterocycles. The smallest absolute Gasteiger partial charge is 0.183 e.